The molecule has 0 aliphatic carbocycles. The summed E-state index contributed by atoms with van der Waals surface area (Å²) in [5.74, 6) is 0.423. The summed E-state index contributed by atoms with van der Waals surface area (Å²) in [4.78, 5) is 4.84. The lowest BCUT2D eigenvalue weighted by Crippen LogP contribution is -2.02. The highest BCUT2D eigenvalue weighted by Crippen LogP contribution is 2.28. The molecular weight excluding hydrogens is 236 g/mol. The highest BCUT2D eigenvalue weighted by Gasteiger charge is 2.10. The van der Waals surface area contributed by atoms with Crippen molar-refractivity contribution >= 4 is 16.6 Å². The standard InChI is InChI=1S/C16H22N2O/c1-11(2)14-10-15(17-3)13-7-5-6-12(8-9-19-4)16(13)18-14/h5-7,10-11H,8-9H2,1-4H3,(H,17,18). The van der Waals surface area contributed by atoms with Gasteiger partial charge in [-0.3, -0.25) is 4.98 Å². The second-order valence-corrected chi connectivity index (χ2v) is 5.06. The van der Waals surface area contributed by atoms with E-state index in [0.717, 1.165) is 29.9 Å². The van der Waals surface area contributed by atoms with E-state index in [-0.39, 0.29) is 0 Å². The number of rotatable bonds is 5. The smallest absolute Gasteiger partial charge is 0.0759 e. The molecule has 0 saturated carbocycles. The van der Waals surface area contributed by atoms with Crippen LogP contribution >= 0.6 is 0 Å². The first-order valence-corrected chi connectivity index (χ1v) is 6.76. The van der Waals surface area contributed by atoms with Crippen LogP contribution in [0.2, 0.25) is 0 Å². The van der Waals surface area contributed by atoms with Gasteiger partial charge in [-0.05, 0) is 24.0 Å². The molecule has 1 aromatic carbocycles. The molecule has 1 aromatic heterocycles. The molecule has 0 fully saturated rings. The minimum Gasteiger partial charge on any atom is -0.388 e. The lowest BCUT2D eigenvalue weighted by Gasteiger charge is -2.14. The number of anilines is 1. The molecule has 0 radical (unpaired) electrons. The van der Waals surface area contributed by atoms with E-state index in [9.17, 15) is 0 Å². The zero-order chi connectivity index (χ0) is 13.8. The van der Waals surface area contributed by atoms with Crippen molar-refractivity contribution in [2.24, 2.45) is 0 Å². The van der Waals surface area contributed by atoms with Crippen LogP contribution < -0.4 is 5.32 Å². The lowest BCUT2D eigenvalue weighted by atomic mass is 10.0. The number of fused-ring (bicyclic) bond motifs is 1. The van der Waals surface area contributed by atoms with E-state index < -0.39 is 0 Å². The molecule has 3 nitrogen and oxygen atoms in total. The Bertz CT molecular complexity index is 564. The zero-order valence-corrected chi connectivity index (χ0v) is 12.2. The first-order chi connectivity index (χ1) is 9.17. The molecule has 2 rings (SSSR count). The van der Waals surface area contributed by atoms with Gasteiger partial charge in [-0.2, -0.15) is 0 Å². The van der Waals surface area contributed by atoms with Crippen molar-refractivity contribution in [3.63, 3.8) is 0 Å². The van der Waals surface area contributed by atoms with Gasteiger partial charge >= 0.3 is 0 Å². The minimum absolute atomic E-state index is 0.423. The molecule has 3 heteroatoms. The van der Waals surface area contributed by atoms with Gasteiger partial charge in [0.1, 0.15) is 0 Å². The molecule has 2 aromatic rings. The Morgan fingerprint density at radius 3 is 2.74 bits per heavy atom. The summed E-state index contributed by atoms with van der Waals surface area (Å²) in [6.07, 6.45) is 0.894. The molecule has 0 aliphatic heterocycles. The number of benzene rings is 1. The molecule has 0 unspecified atom stereocenters. The molecule has 1 N–H and O–H groups in total. The fourth-order valence-corrected chi connectivity index (χ4v) is 2.24. The van der Waals surface area contributed by atoms with Gasteiger partial charge in [0, 0.05) is 30.9 Å². The van der Waals surface area contributed by atoms with Crippen LogP contribution in [-0.4, -0.2) is 25.7 Å². The summed E-state index contributed by atoms with van der Waals surface area (Å²) >= 11 is 0. The third kappa shape index (κ3) is 2.87. The van der Waals surface area contributed by atoms with Crippen molar-refractivity contribution in [2.75, 3.05) is 26.1 Å². The van der Waals surface area contributed by atoms with Crippen LogP contribution in [0, 0.1) is 0 Å². The highest BCUT2D eigenvalue weighted by atomic mass is 16.5. The van der Waals surface area contributed by atoms with Gasteiger partial charge in [0.05, 0.1) is 12.1 Å². The average Bonchev–Trinajstić information content (AvgIpc) is 2.43. The number of nitrogens with one attached hydrogen (secondary N) is 1. The second kappa shape index (κ2) is 6.02. The van der Waals surface area contributed by atoms with Crippen LogP contribution in [0.4, 0.5) is 5.69 Å². The number of para-hydroxylation sites is 1. The quantitative estimate of drug-likeness (QED) is 0.890. The summed E-state index contributed by atoms with van der Waals surface area (Å²) in [6, 6.07) is 8.49. The van der Waals surface area contributed by atoms with Crippen molar-refractivity contribution in [1.82, 2.24) is 4.98 Å². The molecular formula is C16H22N2O. The molecule has 0 aliphatic rings. The van der Waals surface area contributed by atoms with Crippen molar-refractivity contribution < 1.29 is 4.74 Å². The topological polar surface area (TPSA) is 34.2 Å². The summed E-state index contributed by atoms with van der Waals surface area (Å²) in [5, 5.41) is 4.46. The Kier molecular flexibility index (Phi) is 4.38. The summed E-state index contributed by atoms with van der Waals surface area (Å²) < 4.78 is 5.19. The van der Waals surface area contributed by atoms with Gasteiger partial charge in [0.2, 0.25) is 0 Å². The Labute approximate surface area is 115 Å². The van der Waals surface area contributed by atoms with Crippen molar-refractivity contribution in [3.05, 3.63) is 35.5 Å². The maximum absolute atomic E-state index is 5.19. The Morgan fingerprint density at radius 1 is 1.32 bits per heavy atom. The second-order valence-electron chi connectivity index (χ2n) is 5.06. The highest BCUT2D eigenvalue weighted by molar-refractivity contribution is 5.93. The van der Waals surface area contributed by atoms with Gasteiger partial charge in [0.25, 0.3) is 0 Å². The molecule has 102 valence electrons. The van der Waals surface area contributed by atoms with E-state index in [4.69, 9.17) is 9.72 Å². The number of ether oxygens (including phenoxy) is 1. The van der Waals surface area contributed by atoms with Crippen molar-refractivity contribution in [1.29, 1.82) is 0 Å². The Balaban J connectivity index is 2.61. The van der Waals surface area contributed by atoms with Gasteiger partial charge in [-0.15, -0.1) is 0 Å². The maximum atomic E-state index is 5.19. The van der Waals surface area contributed by atoms with Crippen LogP contribution in [0.25, 0.3) is 10.9 Å². The maximum Gasteiger partial charge on any atom is 0.0759 e. The Hall–Kier alpha value is -1.61. The lowest BCUT2D eigenvalue weighted by molar-refractivity contribution is 0.202. The SMILES string of the molecule is CNc1cc(C(C)C)nc2c(CCOC)cccc12. The number of hydrogen-bond acceptors (Lipinski definition) is 3. The van der Waals surface area contributed by atoms with Crippen molar-refractivity contribution in [2.45, 2.75) is 26.2 Å². The van der Waals surface area contributed by atoms with E-state index in [0.29, 0.717) is 5.92 Å². The summed E-state index contributed by atoms with van der Waals surface area (Å²) in [5.41, 5.74) is 4.61. The van der Waals surface area contributed by atoms with Gasteiger partial charge < -0.3 is 10.1 Å². The normalized spacial score (nSPS) is 11.2. The number of methoxy groups -OCH3 is 1. The summed E-state index contributed by atoms with van der Waals surface area (Å²) in [6.45, 7) is 5.07. The fraction of sp³-hybridized carbons (Fsp3) is 0.438. The fourth-order valence-electron chi connectivity index (χ4n) is 2.24. The molecule has 19 heavy (non-hydrogen) atoms. The zero-order valence-electron chi connectivity index (χ0n) is 12.2. The summed E-state index contributed by atoms with van der Waals surface area (Å²) in [7, 11) is 3.69. The Morgan fingerprint density at radius 2 is 2.11 bits per heavy atom. The number of nitrogens with zero attached hydrogens (tertiary/aromatic N) is 1. The number of pyridine rings is 1. The van der Waals surface area contributed by atoms with Crippen LogP contribution in [0.15, 0.2) is 24.3 Å². The first kappa shape index (κ1) is 13.8. The minimum atomic E-state index is 0.423. The average molecular weight is 258 g/mol. The third-order valence-corrected chi connectivity index (χ3v) is 3.38. The molecule has 0 saturated heterocycles. The van der Waals surface area contributed by atoms with Gasteiger partial charge in [0.15, 0.2) is 0 Å². The van der Waals surface area contributed by atoms with Crippen LogP contribution in [-0.2, 0) is 11.2 Å². The van der Waals surface area contributed by atoms with Gasteiger partial charge in [-0.25, -0.2) is 0 Å². The molecule has 1 heterocycles. The number of aromatic nitrogens is 1. The van der Waals surface area contributed by atoms with E-state index in [2.05, 4.69) is 43.4 Å². The molecule has 0 amide bonds. The predicted molar refractivity (Wildman–Crippen MR) is 81.0 cm³/mol. The van der Waals surface area contributed by atoms with Crippen molar-refractivity contribution in [3.8, 4) is 0 Å². The first-order valence-electron chi connectivity index (χ1n) is 6.76. The van der Waals surface area contributed by atoms with E-state index in [1.54, 1.807) is 7.11 Å². The van der Waals surface area contributed by atoms with E-state index in [1.807, 2.05) is 7.05 Å². The van der Waals surface area contributed by atoms with Crippen LogP contribution in [0.1, 0.15) is 31.0 Å². The van der Waals surface area contributed by atoms with Crippen LogP contribution in [0.5, 0.6) is 0 Å². The molecule has 0 atom stereocenters. The monoisotopic (exact) mass is 258 g/mol. The molecule has 0 bridgehead atoms. The predicted octanol–water partition coefficient (Wildman–Crippen LogP) is 3.59. The van der Waals surface area contributed by atoms with Gasteiger partial charge in [-0.1, -0.05) is 32.0 Å². The van der Waals surface area contributed by atoms with E-state index in [1.165, 1.54) is 10.9 Å². The molecule has 0 spiro atoms. The third-order valence-electron chi connectivity index (χ3n) is 3.38. The number of hydrogen-bond donors (Lipinski definition) is 1. The van der Waals surface area contributed by atoms with E-state index >= 15 is 0 Å². The largest absolute Gasteiger partial charge is 0.388 e. The van der Waals surface area contributed by atoms with Crippen LogP contribution in [0.3, 0.4) is 0 Å².